The molecule has 2 N–H and O–H groups in total. The summed E-state index contributed by atoms with van der Waals surface area (Å²) in [4.78, 5) is 25.3. The van der Waals surface area contributed by atoms with Crippen molar-refractivity contribution in [3.8, 4) is 5.75 Å². The molecular formula is C22H23Cl4N3O3. The molecule has 0 fully saturated rings. The van der Waals surface area contributed by atoms with E-state index in [1.54, 1.807) is 37.3 Å². The Morgan fingerprint density at radius 3 is 2.19 bits per heavy atom. The normalized spacial score (nSPS) is 13.1. The number of carbonyl (C=O) groups excluding carboxylic acids is 2. The van der Waals surface area contributed by atoms with Gasteiger partial charge < -0.3 is 10.1 Å². The third-order valence-corrected chi connectivity index (χ3v) is 5.34. The molecule has 0 unspecified atom stereocenters. The zero-order valence-corrected chi connectivity index (χ0v) is 20.7. The molecule has 0 aliphatic rings. The summed E-state index contributed by atoms with van der Waals surface area (Å²) in [6.07, 6.45) is 0.912. The Labute approximate surface area is 207 Å². The lowest BCUT2D eigenvalue weighted by Crippen LogP contribution is -2.49. The lowest BCUT2D eigenvalue weighted by atomic mass is 10.0. The maximum Gasteiger partial charge on any atom is 0.262 e. The van der Waals surface area contributed by atoms with Crippen LogP contribution in [0.5, 0.6) is 5.75 Å². The number of rotatable bonds is 9. The third-order valence-electron chi connectivity index (χ3n) is 4.25. The molecule has 0 aliphatic heterocycles. The number of carbonyl (C=O) groups is 2. The van der Waals surface area contributed by atoms with Crippen LogP contribution < -0.4 is 15.5 Å². The van der Waals surface area contributed by atoms with Crippen LogP contribution in [0.1, 0.15) is 32.8 Å². The number of nitrogens with one attached hydrogen (secondary N) is 2. The largest absolute Gasteiger partial charge is 0.479 e. The van der Waals surface area contributed by atoms with Gasteiger partial charge in [0.2, 0.25) is 0 Å². The molecular weight excluding hydrogens is 496 g/mol. The van der Waals surface area contributed by atoms with Gasteiger partial charge in [-0.25, -0.2) is 5.43 Å². The van der Waals surface area contributed by atoms with Crippen LogP contribution in [-0.4, -0.2) is 30.2 Å². The monoisotopic (exact) mass is 517 g/mol. The lowest BCUT2D eigenvalue weighted by Gasteiger charge is -2.22. The molecule has 0 saturated heterocycles. The number of hydrogen-bond acceptors (Lipinski definition) is 4. The van der Waals surface area contributed by atoms with Gasteiger partial charge in [-0.1, -0.05) is 66.3 Å². The van der Waals surface area contributed by atoms with Crippen molar-refractivity contribution >= 4 is 64.4 Å². The highest BCUT2D eigenvalue weighted by Crippen LogP contribution is 2.28. The number of ether oxygens (including phenoxy) is 1. The predicted octanol–water partition coefficient (Wildman–Crippen LogP) is 5.75. The van der Waals surface area contributed by atoms with Gasteiger partial charge in [0.1, 0.15) is 11.8 Å². The van der Waals surface area contributed by atoms with E-state index in [0.29, 0.717) is 32.8 Å². The number of amides is 2. The Bertz CT molecular complexity index is 998. The van der Waals surface area contributed by atoms with Crippen LogP contribution in [0, 0.1) is 5.92 Å². The van der Waals surface area contributed by atoms with Crippen molar-refractivity contribution in [3.63, 3.8) is 0 Å². The Morgan fingerprint density at radius 1 is 0.969 bits per heavy atom. The van der Waals surface area contributed by atoms with Gasteiger partial charge in [-0.05, 0) is 49.6 Å². The van der Waals surface area contributed by atoms with Crippen LogP contribution in [0.2, 0.25) is 20.1 Å². The summed E-state index contributed by atoms with van der Waals surface area (Å²) in [6.45, 7) is 5.44. The molecule has 172 valence electrons. The van der Waals surface area contributed by atoms with Crippen molar-refractivity contribution in [3.05, 3.63) is 62.1 Å². The van der Waals surface area contributed by atoms with E-state index in [0.717, 1.165) is 0 Å². The Kier molecular flexibility index (Phi) is 10.1. The first-order chi connectivity index (χ1) is 15.1. The molecule has 0 spiro atoms. The first-order valence-electron chi connectivity index (χ1n) is 9.77. The zero-order valence-electron chi connectivity index (χ0n) is 17.7. The number of benzene rings is 2. The Morgan fingerprint density at radius 2 is 1.59 bits per heavy atom. The molecule has 0 aromatic heterocycles. The second kappa shape index (κ2) is 12.3. The fourth-order valence-electron chi connectivity index (χ4n) is 2.66. The number of hydrogen-bond donors (Lipinski definition) is 2. The van der Waals surface area contributed by atoms with E-state index in [4.69, 9.17) is 51.1 Å². The number of nitrogens with zero attached hydrogens (tertiary/aromatic N) is 1. The van der Waals surface area contributed by atoms with Crippen molar-refractivity contribution in [1.29, 1.82) is 0 Å². The van der Waals surface area contributed by atoms with Gasteiger partial charge in [0.05, 0.1) is 16.3 Å². The van der Waals surface area contributed by atoms with Gasteiger partial charge in [-0.2, -0.15) is 5.10 Å². The van der Waals surface area contributed by atoms with Crippen LogP contribution in [0.3, 0.4) is 0 Å². The molecule has 0 bridgehead atoms. The minimum Gasteiger partial charge on any atom is -0.479 e. The summed E-state index contributed by atoms with van der Waals surface area (Å²) < 4.78 is 5.62. The molecule has 0 saturated carbocycles. The third kappa shape index (κ3) is 8.17. The van der Waals surface area contributed by atoms with Gasteiger partial charge in [0, 0.05) is 15.6 Å². The molecule has 0 radical (unpaired) electrons. The van der Waals surface area contributed by atoms with Crippen molar-refractivity contribution < 1.29 is 14.3 Å². The summed E-state index contributed by atoms with van der Waals surface area (Å²) in [5.41, 5.74) is 3.02. The van der Waals surface area contributed by atoms with Gasteiger partial charge in [-0.15, -0.1) is 0 Å². The summed E-state index contributed by atoms with van der Waals surface area (Å²) in [5, 5.41) is 8.26. The maximum absolute atomic E-state index is 12.6. The topological polar surface area (TPSA) is 79.8 Å². The molecule has 2 aromatic rings. The number of halogens is 4. The van der Waals surface area contributed by atoms with Gasteiger partial charge >= 0.3 is 0 Å². The average molecular weight is 519 g/mol. The highest BCUT2D eigenvalue weighted by atomic mass is 35.5. The van der Waals surface area contributed by atoms with E-state index in [1.165, 1.54) is 12.3 Å². The molecule has 2 aromatic carbocycles. The minimum absolute atomic E-state index is 0.141. The van der Waals surface area contributed by atoms with Crippen molar-refractivity contribution in [2.24, 2.45) is 11.0 Å². The predicted molar refractivity (Wildman–Crippen MR) is 130 cm³/mol. The first kappa shape index (κ1) is 26.3. The van der Waals surface area contributed by atoms with Gasteiger partial charge in [0.15, 0.2) is 6.10 Å². The van der Waals surface area contributed by atoms with Crippen LogP contribution in [0.25, 0.3) is 0 Å². The highest BCUT2D eigenvalue weighted by Gasteiger charge is 2.25. The Balaban J connectivity index is 2.02. The van der Waals surface area contributed by atoms with Gasteiger partial charge in [0.25, 0.3) is 11.8 Å². The second-order valence-electron chi connectivity index (χ2n) is 7.43. The fraction of sp³-hybridized carbons (Fsp3) is 0.318. The van der Waals surface area contributed by atoms with E-state index in [9.17, 15) is 9.59 Å². The molecule has 2 rings (SSSR count). The van der Waals surface area contributed by atoms with Crippen LogP contribution in [0.4, 0.5) is 0 Å². The lowest BCUT2D eigenvalue weighted by molar-refractivity contribution is -0.132. The van der Waals surface area contributed by atoms with Crippen molar-refractivity contribution in [1.82, 2.24) is 10.7 Å². The smallest absolute Gasteiger partial charge is 0.262 e. The molecule has 6 nitrogen and oxygen atoms in total. The molecule has 0 aliphatic carbocycles. The van der Waals surface area contributed by atoms with Crippen LogP contribution >= 0.6 is 46.4 Å². The molecule has 32 heavy (non-hydrogen) atoms. The number of hydrazone groups is 1. The quantitative estimate of drug-likeness (QED) is 0.327. The van der Waals surface area contributed by atoms with E-state index in [1.807, 2.05) is 13.8 Å². The maximum atomic E-state index is 12.6. The summed E-state index contributed by atoms with van der Waals surface area (Å²) >= 11 is 23.9. The van der Waals surface area contributed by atoms with Crippen LogP contribution in [0.15, 0.2) is 41.5 Å². The summed E-state index contributed by atoms with van der Waals surface area (Å²) in [6, 6.07) is 8.79. The van der Waals surface area contributed by atoms with Crippen molar-refractivity contribution in [2.45, 2.75) is 39.3 Å². The van der Waals surface area contributed by atoms with E-state index in [2.05, 4.69) is 15.8 Å². The Hall–Kier alpha value is -1.99. The first-order valence-corrected chi connectivity index (χ1v) is 11.3. The minimum atomic E-state index is -0.896. The van der Waals surface area contributed by atoms with E-state index >= 15 is 0 Å². The van der Waals surface area contributed by atoms with Crippen molar-refractivity contribution in [2.75, 3.05) is 0 Å². The molecule has 0 heterocycles. The fourth-order valence-corrected chi connectivity index (χ4v) is 3.57. The zero-order chi connectivity index (χ0) is 23.8. The summed E-state index contributed by atoms with van der Waals surface area (Å²) in [7, 11) is 0. The molecule has 2 atom stereocenters. The molecule has 10 heteroatoms. The summed E-state index contributed by atoms with van der Waals surface area (Å²) in [5.74, 6) is -0.484. The standard InChI is InChI=1S/C22H23Cl4N3O3/c1-12(2)8-19(22(31)29-27-11-14-4-5-15(23)9-17(14)25)28-21(30)13(3)32-20-7-6-16(24)10-18(20)26/h4-7,9-13,19H,8H2,1-3H3,(H,28,30)(H,29,31)/b27-11-/t13-,19+/m0/s1. The molecule has 2 amide bonds. The van der Waals surface area contributed by atoms with Gasteiger partial charge in [-0.3, -0.25) is 9.59 Å². The van der Waals surface area contributed by atoms with E-state index in [-0.39, 0.29) is 10.9 Å². The SMILES string of the molecule is CC(C)C[C@@H](NC(=O)[C@H](C)Oc1ccc(Cl)cc1Cl)C(=O)N/N=C\c1ccc(Cl)cc1Cl. The second-order valence-corrected chi connectivity index (χ2v) is 9.11. The average Bonchev–Trinajstić information content (AvgIpc) is 2.70. The highest BCUT2D eigenvalue weighted by molar-refractivity contribution is 6.36. The van der Waals surface area contributed by atoms with Crippen LogP contribution in [-0.2, 0) is 9.59 Å². The van der Waals surface area contributed by atoms with E-state index < -0.39 is 24.0 Å².